The molecule has 0 saturated heterocycles. The minimum atomic E-state index is -3.88. The highest BCUT2D eigenvalue weighted by atomic mass is 35.5. The maximum absolute atomic E-state index is 13.5. The number of sulfonamides is 1. The Morgan fingerprint density at radius 1 is 1.09 bits per heavy atom. The minimum Gasteiger partial charge on any atom is -0.352 e. The molecule has 0 bridgehead atoms. The van der Waals surface area contributed by atoms with Crippen molar-refractivity contribution in [2.75, 3.05) is 17.1 Å². The van der Waals surface area contributed by atoms with E-state index in [-0.39, 0.29) is 24.2 Å². The molecule has 2 amide bonds. The van der Waals surface area contributed by atoms with Crippen molar-refractivity contribution in [2.24, 2.45) is 0 Å². The fourth-order valence-electron chi connectivity index (χ4n) is 3.33. The van der Waals surface area contributed by atoms with Crippen molar-refractivity contribution in [3.63, 3.8) is 0 Å². The molecule has 0 aliphatic rings. The van der Waals surface area contributed by atoms with Crippen LogP contribution in [-0.2, 0) is 26.2 Å². The third kappa shape index (κ3) is 7.43. The zero-order chi connectivity index (χ0) is 24.8. The molecule has 1 atom stereocenters. The molecule has 0 radical (unpaired) electrons. The van der Waals surface area contributed by atoms with Crippen molar-refractivity contribution in [3.8, 4) is 0 Å². The SMILES string of the molecule is CCC(C(=O)NC(C)C)N(Cc1ccccc1Cl)C(=O)CN(c1ccc(F)cc1)S(C)(=O)=O. The van der Waals surface area contributed by atoms with Crippen LogP contribution in [0.4, 0.5) is 10.1 Å². The first kappa shape index (κ1) is 26.6. The molecule has 1 N–H and O–H groups in total. The van der Waals surface area contributed by atoms with Crippen LogP contribution in [0.25, 0.3) is 0 Å². The smallest absolute Gasteiger partial charge is 0.244 e. The highest BCUT2D eigenvalue weighted by Crippen LogP contribution is 2.22. The average Bonchev–Trinajstić information content (AvgIpc) is 2.72. The molecule has 2 aromatic rings. The fraction of sp³-hybridized carbons (Fsp3) is 0.391. The van der Waals surface area contributed by atoms with Crippen LogP contribution in [0, 0.1) is 5.82 Å². The van der Waals surface area contributed by atoms with E-state index in [0.717, 1.165) is 22.7 Å². The number of anilines is 1. The van der Waals surface area contributed by atoms with Crippen LogP contribution in [0.3, 0.4) is 0 Å². The number of amides is 2. The molecule has 33 heavy (non-hydrogen) atoms. The molecular formula is C23H29ClFN3O4S. The summed E-state index contributed by atoms with van der Waals surface area (Å²) >= 11 is 6.29. The van der Waals surface area contributed by atoms with Crippen molar-refractivity contribution < 1.29 is 22.4 Å². The second kappa shape index (κ2) is 11.5. The number of halogens is 2. The van der Waals surface area contributed by atoms with Gasteiger partial charge < -0.3 is 10.2 Å². The molecule has 7 nitrogen and oxygen atoms in total. The highest BCUT2D eigenvalue weighted by Gasteiger charge is 2.32. The first-order valence-corrected chi connectivity index (χ1v) is 12.7. The Hall–Kier alpha value is -2.65. The van der Waals surface area contributed by atoms with Crippen LogP contribution in [0.1, 0.15) is 32.8 Å². The summed E-state index contributed by atoms with van der Waals surface area (Å²) in [4.78, 5) is 27.7. The summed E-state index contributed by atoms with van der Waals surface area (Å²) in [7, 11) is -3.88. The number of nitrogens with one attached hydrogen (secondary N) is 1. The first-order chi connectivity index (χ1) is 15.4. The van der Waals surface area contributed by atoms with Gasteiger partial charge in [0.25, 0.3) is 0 Å². The maximum atomic E-state index is 13.5. The Labute approximate surface area is 199 Å². The lowest BCUT2D eigenvalue weighted by Crippen LogP contribution is -2.53. The lowest BCUT2D eigenvalue weighted by atomic mass is 10.1. The molecule has 10 heteroatoms. The predicted octanol–water partition coefficient (Wildman–Crippen LogP) is 3.58. The van der Waals surface area contributed by atoms with Gasteiger partial charge in [-0.15, -0.1) is 0 Å². The summed E-state index contributed by atoms with van der Waals surface area (Å²) in [5.41, 5.74) is 0.764. The Kier molecular flexibility index (Phi) is 9.25. The van der Waals surface area contributed by atoms with Gasteiger partial charge >= 0.3 is 0 Å². The fourth-order valence-corrected chi connectivity index (χ4v) is 4.38. The summed E-state index contributed by atoms with van der Waals surface area (Å²) < 4.78 is 39.2. The molecule has 0 aliphatic heterocycles. The van der Waals surface area contributed by atoms with E-state index in [9.17, 15) is 22.4 Å². The van der Waals surface area contributed by atoms with Crippen molar-refractivity contribution in [2.45, 2.75) is 45.8 Å². The van der Waals surface area contributed by atoms with Gasteiger partial charge in [-0.1, -0.05) is 36.7 Å². The number of benzene rings is 2. The Morgan fingerprint density at radius 3 is 2.21 bits per heavy atom. The van der Waals surface area contributed by atoms with E-state index < -0.39 is 34.3 Å². The third-order valence-corrected chi connectivity index (χ3v) is 6.42. The van der Waals surface area contributed by atoms with E-state index >= 15 is 0 Å². The maximum Gasteiger partial charge on any atom is 0.244 e. The molecule has 0 aliphatic carbocycles. The number of nitrogens with zero attached hydrogens (tertiary/aromatic N) is 2. The van der Waals surface area contributed by atoms with E-state index in [1.165, 1.54) is 17.0 Å². The highest BCUT2D eigenvalue weighted by molar-refractivity contribution is 7.92. The summed E-state index contributed by atoms with van der Waals surface area (Å²) in [6.45, 7) is 4.85. The van der Waals surface area contributed by atoms with Gasteiger partial charge in [-0.05, 0) is 56.2 Å². The van der Waals surface area contributed by atoms with Gasteiger partial charge in [0.2, 0.25) is 21.8 Å². The summed E-state index contributed by atoms with van der Waals surface area (Å²) in [6, 6.07) is 10.7. The minimum absolute atomic E-state index is 0.0174. The van der Waals surface area contributed by atoms with Crippen LogP contribution < -0.4 is 9.62 Å². The van der Waals surface area contributed by atoms with Crippen LogP contribution in [0.2, 0.25) is 5.02 Å². The molecule has 1 unspecified atom stereocenters. The zero-order valence-corrected chi connectivity index (χ0v) is 20.7. The molecule has 180 valence electrons. The van der Waals surface area contributed by atoms with E-state index in [0.29, 0.717) is 17.0 Å². The third-order valence-electron chi connectivity index (χ3n) is 4.91. The van der Waals surface area contributed by atoms with Crippen LogP contribution >= 0.6 is 11.6 Å². The topological polar surface area (TPSA) is 86.8 Å². The van der Waals surface area contributed by atoms with Crippen molar-refractivity contribution >= 4 is 39.1 Å². The van der Waals surface area contributed by atoms with Crippen LogP contribution in [-0.4, -0.2) is 50.0 Å². The van der Waals surface area contributed by atoms with Crippen molar-refractivity contribution in [1.82, 2.24) is 10.2 Å². The first-order valence-electron chi connectivity index (χ1n) is 10.5. The molecule has 0 fully saturated rings. The number of rotatable bonds is 10. The molecule has 0 spiro atoms. The quantitative estimate of drug-likeness (QED) is 0.543. The zero-order valence-electron chi connectivity index (χ0n) is 19.1. The molecule has 2 rings (SSSR count). The monoisotopic (exact) mass is 497 g/mol. The van der Waals surface area contributed by atoms with Gasteiger partial charge in [0.15, 0.2) is 0 Å². The predicted molar refractivity (Wildman–Crippen MR) is 128 cm³/mol. The second-order valence-corrected chi connectivity index (χ2v) is 10.3. The molecular weight excluding hydrogens is 469 g/mol. The summed E-state index contributed by atoms with van der Waals surface area (Å²) in [6.07, 6.45) is 1.27. The van der Waals surface area contributed by atoms with Crippen molar-refractivity contribution in [1.29, 1.82) is 0 Å². The van der Waals surface area contributed by atoms with Crippen molar-refractivity contribution in [3.05, 3.63) is 64.9 Å². The van der Waals surface area contributed by atoms with Gasteiger partial charge in [0.05, 0.1) is 11.9 Å². The largest absolute Gasteiger partial charge is 0.352 e. The summed E-state index contributed by atoms with van der Waals surface area (Å²) in [5.74, 6) is -1.47. The molecule has 0 heterocycles. The van der Waals surface area contributed by atoms with Crippen LogP contribution in [0.5, 0.6) is 0 Å². The van der Waals surface area contributed by atoms with E-state index in [2.05, 4.69) is 5.32 Å². The van der Waals surface area contributed by atoms with Gasteiger partial charge in [-0.2, -0.15) is 0 Å². The van der Waals surface area contributed by atoms with Gasteiger partial charge in [0.1, 0.15) is 18.4 Å². The van der Waals surface area contributed by atoms with Gasteiger partial charge in [-0.25, -0.2) is 12.8 Å². The molecule has 0 saturated carbocycles. The normalized spacial score (nSPS) is 12.3. The molecule has 0 aromatic heterocycles. The number of carbonyl (C=O) groups excluding carboxylic acids is 2. The van der Waals surface area contributed by atoms with Crippen LogP contribution in [0.15, 0.2) is 48.5 Å². The van der Waals surface area contributed by atoms with Gasteiger partial charge in [0, 0.05) is 17.6 Å². The Balaban J connectivity index is 2.44. The Bertz CT molecular complexity index is 1080. The average molecular weight is 498 g/mol. The standard InChI is InChI=1S/C23H29ClFN3O4S/c1-5-21(23(30)26-16(2)3)27(14-17-8-6-7-9-20(17)24)22(29)15-28(33(4,31)32)19-12-10-18(25)11-13-19/h6-13,16,21H,5,14-15H2,1-4H3,(H,26,30). The Morgan fingerprint density at radius 2 is 1.70 bits per heavy atom. The van der Waals surface area contributed by atoms with E-state index in [1.54, 1.807) is 31.2 Å². The number of hydrogen-bond donors (Lipinski definition) is 1. The lowest BCUT2D eigenvalue weighted by Gasteiger charge is -2.33. The molecule has 2 aromatic carbocycles. The second-order valence-electron chi connectivity index (χ2n) is 7.95. The van der Waals surface area contributed by atoms with E-state index in [1.807, 2.05) is 13.8 Å². The van der Waals surface area contributed by atoms with E-state index in [4.69, 9.17) is 11.6 Å². The number of hydrogen-bond acceptors (Lipinski definition) is 4. The number of carbonyl (C=O) groups is 2. The summed E-state index contributed by atoms with van der Waals surface area (Å²) in [5, 5.41) is 3.24. The van der Waals surface area contributed by atoms with Gasteiger partial charge in [-0.3, -0.25) is 13.9 Å². The lowest BCUT2D eigenvalue weighted by molar-refractivity contribution is -0.140.